The zero-order valence-corrected chi connectivity index (χ0v) is 17.6. The number of carbonyl (C=O) groups is 3. The second-order valence-corrected chi connectivity index (χ2v) is 7.57. The summed E-state index contributed by atoms with van der Waals surface area (Å²) in [5, 5.41) is 3.32. The summed E-state index contributed by atoms with van der Waals surface area (Å²) in [4.78, 5) is 52.5. The van der Waals surface area contributed by atoms with Crippen LogP contribution in [0.15, 0.2) is 41.2 Å². The highest BCUT2D eigenvalue weighted by Gasteiger charge is 2.27. The number of nitrogens with zero attached hydrogens (tertiary/aromatic N) is 3. The number of halogens is 1. The number of benzene rings is 1. The average molecular weight is 431 g/mol. The predicted molar refractivity (Wildman–Crippen MR) is 113 cm³/mol. The van der Waals surface area contributed by atoms with Crippen LogP contribution in [0, 0.1) is 0 Å². The number of hydrogen-bond acceptors (Lipinski definition) is 4. The maximum Gasteiger partial charge on any atom is 0.270 e. The Hall–Kier alpha value is -3.13. The van der Waals surface area contributed by atoms with Crippen molar-refractivity contribution in [1.82, 2.24) is 19.7 Å². The summed E-state index contributed by atoms with van der Waals surface area (Å²) >= 11 is 5.85. The van der Waals surface area contributed by atoms with Crippen molar-refractivity contribution in [3.8, 4) is 0 Å². The minimum atomic E-state index is -0.497. The molecule has 0 fully saturated rings. The van der Waals surface area contributed by atoms with Gasteiger partial charge in [-0.3, -0.25) is 19.2 Å². The second-order valence-electron chi connectivity index (χ2n) is 7.13. The summed E-state index contributed by atoms with van der Waals surface area (Å²) in [7, 11) is 1.67. The van der Waals surface area contributed by atoms with Gasteiger partial charge in [0.25, 0.3) is 17.4 Å². The first-order chi connectivity index (χ1) is 14.3. The van der Waals surface area contributed by atoms with Crippen LogP contribution in [0.5, 0.6) is 0 Å². The third-order valence-electron chi connectivity index (χ3n) is 5.13. The Labute approximate surface area is 179 Å². The Balaban J connectivity index is 1.70. The molecule has 3 rings (SSSR count). The van der Waals surface area contributed by atoms with Gasteiger partial charge in [-0.05, 0) is 29.8 Å². The van der Waals surface area contributed by atoms with Crippen molar-refractivity contribution < 1.29 is 14.4 Å². The molecular weight excluding hydrogens is 408 g/mol. The topological polar surface area (TPSA) is 91.7 Å². The van der Waals surface area contributed by atoms with Crippen LogP contribution in [0.2, 0.25) is 5.02 Å². The number of pyridine rings is 1. The summed E-state index contributed by atoms with van der Waals surface area (Å²) in [6.45, 7) is 3.15. The highest BCUT2D eigenvalue weighted by molar-refractivity contribution is 6.30. The largest absolute Gasteiger partial charge is 0.348 e. The first kappa shape index (κ1) is 21.6. The first-order valence-corrected chi connectivity index (χ1v) is 9.93. The average Bonchev–Trinajstić information content (AvgIpc) is 2.72. The van der Waals surface area contributed by atoms with Crippen LogP contribution in [0.1, 0.15) is 33.3 Å². The van der Waals surface area contributed by atoms with Crippen LogP contribution in [0.4, 0.5) is 0 Å². The van der Waals surface area contributed by atoms with E-state index < -0.39 is 11.5 Å². The van der Waals surface area contributed by atoms with Gasteiger partial charge >= 0.3 is 0 Å². The van der Waals surface area contributed by atoms with E-state index in [4.69, 9.17) is 11.6 Å². The first-order valence-electron chi connectivity index (χ1n) is 9.55. The maximum absolute atomic E-state index is 12.8. The summed E-state index contributed by atoms with van der Waals surface area (Å²) in [5.41, 5.74) is 0.596. The van der Waals surface area contributed by atoms with E-state index in [2.05, 4.69) is 5.32 Å². The molecule has 1 aromatic carbocycles. The third kappa shape index (κ3) is 4.71. The number of likely N-dealkylation sites (N-methyl/N-ethyl adjacent to an activating group) is 1. The monoisotopic (exact) mass is 430 g/mol. The fourth-order valence-corrected chi connectivity index (χ4v) is 3.29. The van der Waals surface area contributed by atoms with Gasteiger partial charge in [0.1, 0.15) is 11.3 Å². The second kappa shape index (κ2) is 9.13. The van der Waals surface area contributed by atoms with E-state index in [-0.39, 0.29) is 29.6 Å². The van der Waals surface area contributed by atoms with Crippen molar-refractivity contribution in [3.05, 3.63) is 68.6 Å². The minimum Gasteiger partial charge on any atom is -0.348 e. The van der Waals surface area contributed by atoms with E-state index in [0.29, 0.717) is 31.2 Å². The molecule has 2 heterocycles. The van der Waals surface area contributed by atoms with E-state index in [1.165, 1.54) is 28.5 Å². The highest BCUT2D eigenvalue weighted by Crippen LogP contribution is 2.12. The molecular formula is C21H23ClN4O4. The Morgan fingerprint density at radius 1 is 1.10 bits per heavy atom. The Morgan fingerprint density at radius 2 is 1.80 bits per heavy atom. The van der Waals surface area contributed by atoms with Gasteiger partial charge in [-0.15, -0.1) is 0 Å². The van der Waals surface area contributed by atoms with Crippen LogP contribution in [-0.4, -0.2) is 58.8 Å². The lowest BCUT2D eigenvalue weighted by atomic mass is 10.1. The van der Waals surface area contributed by atoms with E-state index in [1.807, 2.05) is 0 Å². The fraction of sp³-hybridized carbons (Fsp3) is 0.333. The van der Waals surface area contributed by atoms with Gasteiger partial charge < -0.3 is 19.7 Å². The molecule has 0 saturated heterocycles. The normalized spacial score (nSPS) is 13.0. The lowest BCUT2D eigenvalue weighted by Gasteiger charge is -2.31. The molecule has 1 aliphatic heterocycles. The van der Waals surface area contributed by atoms with Gasteiger partial charge in [0, 0.05) is 51.7 Å². The molecule has 2 aromatic rings. The molecule has 0 spiro atoms. The van der Waals surface area contributed by atoms with Crippen molar-refractivity contribution in [3.63, 3.8) is 0 Å². The molecule has 0 unspecified atom stereocenters. The van der Waals surface area contributed by atoms with Gasteiger partial charge in [-0.2, -0.15) is 0 Å². The third-order valence-corrected chi connectivity index (χ3v) is 5.38. The zero-order chi connectivity index (χ0) is 21.8. The van der Waals surface area contributed by atoms with Gasteiger partial charge in [-0.1, -0.05) is 23.7 Å². The zero-order valence-electron chi connectivity index (χ0n) is 16.9. The Morgan fingerprint density at radius 3 is 2.47 bits per heavy atom. The minimum absolute atomic E-state index is 0.00900. The lowest BCUT2D eigenvalue weighted by molar-refractivity contribution is -0.127. The van der Waals surface area contributed by atoms with E-state index in [9.17, 15) is 19.2 Å². The molecule has 0 radical (unpaired) electrons. The molecule has 8 nitrogen and oxygen atoms in total. The van der Waals surface area contributed by atoms with Crippen LogP contribution in [0.3, 0.4) is 0 Å². The smallest absolute Gasteiger partial charge is 0.270 e. The highest BCUT2D eigenvalue weighted by atomic mass is 35.5. The fourth-order valence-electron chi connectivity index (χ4n) is 3.17. The number of aromatic nitrogens is 1. The summed E-state index contributed by atoms with van der Waals surface area (Å²) in [6, 6.07) is 9.92. The number of rotatable bonds is 6. The number of amides is 3. The molecule has 0 aliphatic carbocycles. The van der Waals surface area contributed by atoms with Crippen molar-refractivity contribution >= 4 is 29.3 Å². The standard InChI is InChI=1S/C21H23ClN4O4/c1-14(27)24(2)9-10-25-11-12-26-18(21(25)30)8-7-17(20(26)29)19(28)23-13-15-3-5-16(22)6-4-15/h3-8H,9-13H2,1-2H3,(H,23,28). The molecule has 1 aliphatic rings. The quantitative estimate of drug-likeness (QED) is 0.749. The van der Waals surface area contributed by atoms with Gasteiger partial charge in [0.2, 0.25) is 5.91 Å². The van der Waals surface area contributed by atoms with Crippen molar-refractivity contribution in [2.24, 2.45) is 0 Å². The lowest BCUT2D eigenvalue weighted by Crippen LogP contribution is -2.48. The van der Waals surface area contributed by atoms with Gasteiger partial charge in [-0.25, -0.2) is 0 Å². The number of hydrogen-bond donors (Lipinski definition) is 1. The molecule has 30 heavy (non-hydrogen) atoms. The summed E-state index contributed by atoms with van der Waals surface area (Å²) in [6.07, 6.45) is 0. The van der Waals surface area contributed by atoms with Crippen LogP contribution < -0.4 is 10.9 Å². The molecule has 1 aromatic heterocycles. The molecule has 3 amide bonds. The Kier molecular flexibility index (Phi) is 6.56. The predicted octanol–water partition coefficient (Wildman–Crippen LogP) is 1.37. The van der Waals surface area contributed by atoms with E-state index >= 15 is 0 Å². The van der Waals surface area contributed by atoms with E-state index in [1.54, 1.807) is 36.2 Å². The molecule has 1 N–H and O–H groups in total. The molecule has 0 saturated carbocycles. The number of nitrogens with one attached hydrogen (secondary N) is 1. The maximum atomic E-state index is 12.8. The SMILES string of the molecule is CC(=O)N(C)CCN1CCn2c(ccc(C(=O)NCc3ccc(Cl)cc3)c2=O)C1=O. The molecule has 9 heteroatoms. The van der Waals surface area contributed by atoms with Crippen molar-refractivity contribution in [2.75, 3.05) is 26.7 Å². The molecule has 0 atom stereocenters. The van der Waals surface area contributed by atoms with E-state index in [0.717, 1.165) is 5.56 Å². The Bertz CT molecular complexity index is 1030. The van der Waals surface area contributed by atoms with Crippen LogP contribution >= 0.6 is 11.6 Å². The van der Waals surface area contributed by atoms with Gasteiger partial charge in [0.05, 0.1) is 0 Å². The van der Waals surface area contributed by atoms with Crippen LogP contribution in [-0.2, 0) is 17.9 Å². The molecule has 0 bridgehead atoms. The van der Waals surface area contributed by atoms with Crippen molar-refractivity contribution in [1.29, 1.82) is 0 Å². The van der Waals surface area contributed by atoms with Crippen molar-refractivity contribution in [2.45, 2.75) is 20.0 Å². The van der Waals surface area contributed by atoms with Gasteiger partial charge in [0.15, 0.2) is 0 Å². The summed E-state index contributed by atoms with van der Waals surface area (Å²) < 4.78 is 1.34. The summed E-state index contributed by atoms with van der Waals surface area (Å²) in [5.74, 6) is -0.864. The number of carbonyl (C=O) groups excluding carboxylic acids is 3. The number of fused-ring (bicyclic) bond motifs is 1. The molecule has 158 valence electrons. The van der Waals surface area contributed by atoms with Crippen LogP contribution in [0.25, 0.3) is 0 Å².